The predicted molar refractivity (Wildman–Crippen MR) is 136 cm³/mol. The summed E-state index contributed by atoms with van der Waals surface area (Å²) in [6.45, 7) is 3.94. The molecule has 1 saturated heterocycles. The predicted octanol–water partition coefficient (Wildman–Crippen LogP) is 0.601. The molecule has 8 heteroatoms. The van der Waals surface area contributed by atoms with E-state index in [1.165, 1.54) is 31.4 Å². The van der Waals surface area contributed by atoms with Crippen LogP contribution >= 0.6 is 0 Å². The number of likely N-dealkylation sites (N-methyl/N-ethyl adjacent to an activating group) is 1. The monoisotopic (exact) mass is 495 g/mol. The van der Waals surface area contributed by atoms with E-state index in [2.05, 4.69) is 10.2 Å². The molecule has 36 heavy (non-hydrogen) atoms. The minimum Gasteiger partial charge on any atom is -0.545 e. The molecule has 182 valence electrons. The van der Waals surface area contributed by atoms with Gasteiger partial charge in [0.1, 0.15) is 5.75 Å². The minimum atomic E-state index is -1.39. The summed E-state index contributed by atoms with van der Waals surface area (Å²) in [5, 5.41) is 24.7. The maximum Gasteiger partial charge on any atom is 1.00 e. The van der Waals surface area contributed by atoms with Gasteiger partial charge in [-0.1, -0.05) is 48.9 Å². The first kappa shape index (κ1) is 27.7. The number of hydrogen-bond donors (Lipinski definition) is 2. The first-order valence-electron chi connectivity index (χ1n) is 11.9. The normalized spacial score (nSPS) is 13.5. The average molecular weight is 496 g/mol. The Bertz CT molecular complexity index is 1200. The number of carboxylic acid groups (broad SMARTS) is 1. The van der Waals surface area contributed by atoms with Crippen molar-refractivity contribution in [1.82, 2.24) is 4.90 Å². The van der Waals surface area contributed by atoms with Crippen molar-refractivity contribution in [3.63, 3.8) is 0 Å². The maximum absolute atomic E-state index is 13.1. The molecule has 1 aliphatic heterocycles. The van der Waals surface area contributed by atoms with Gasteiger partial charge >= 0.3 is 29.6 Å². The summed E-state index contributed by atoms with van der Waals surface area (Å²) in [5.74, 6) is -2.17. The van der Waals surface area contributed by atoms with Gasteiger partial charge in [-0.25, -0.2) is 0 Å². The molecule has 0 spiro atoms. The molecule has 7 nitrogen and oxygen atoms in total. The summed E-state index contributed by atoms with van der Waals surface area (Å²) in [6, 6.07) is 19.0. The summed E-state index contributed by atoms with van der Waals surface area (Å²) in [4.78, 5) is 29.3. The standard InChI is InChI=1S/C28H31N3O4.Na/c1-30(16-17-31-14-6-3-7-15-31)22-11-13-26(32)24(19-22)27(33)29-25-18-21(10-12-23(25)28(34)35)20-8-4-2-5-9-20;/h2,4-5,8-13,18-19,32H,3,6-7,14-17H2,1H3,(H,29,33)(H,34,35);/q;+1/p-1. The van der Waals surface area contributed by atoms with Gasteiger partial charge in [0.15, 0.2) is 0 Å². The van der Waals surface area contributed by atoms with Crippen LogP contribution in [0.1, 0.15) is 40.0 Å². The molecule has 0 aromatic heterocycles. The second-order valence-corrected chi connectivity index (χ2v) is 8.89. The van der Waals surface area contributed by atoms with Gasteiger partial charge in [-0.2, -0.15) is 0 Å². The van der Waals surface area contributed by atoms with Gasteiger partial charge in [0.25, 0.3) is 5.91 Å². The number of aromatic carboxylic acids is 1. The van der Waals surface area contributed by atoms with Crippen LogP contribution in [0.2, 0.25) is 0 Å². The number of benzene rings is 3. The van der Waals surface area contributed by atoms with Gasteiger partial charge in [-0.3, -0.25) is 4.79 Å². The Balaban J connectivity index is 0.00000361. The number of phenolic OH excluding ortho intramolecular Hbond substituents is 1. The second kappa shape index (κ2) is 12.9. The van der Waals surface area contributed by atoms with Crippen molar-refractivity contribution < 1.29 is 49.4 Å². The van der Waals surface area contributed by atoms with Crippen LogP contribution in [0.3, 0.4) is 0 Å². The van der Waals surface area contributed by atoms with Gasteiger partial charge in [0.2, 0.25) is 0 Å². The van der Waals surface area contributed by atoms with Gasteiger partial charge in [-0.05, 0) is 61.3 Å². The number of carboxylic acids is 1. The third-order valence-electron chi connectivity index (χ3n) is 6.46. The number of aromatic hydroxyl groups is 1. The van der Waals surface area contributed by atoms with Crippen LogP contribution in [-0.4, -0.2) is 55.1 Å². The number of nitrogens with zero attached hydrogens (tertiary/aromatic N) is 2. The van der Waals surface area contributed by atoms with E-state index >= 15 is 0 Å². The quantitative estimate of drug-likeness (QED) is 0.445. The molecule has 1 heterocycles. The van der Waals surface area contributed by atoms with Crippen molar-refractivity contribution in [1.29, 1.82) is 0 Å². The Kier molecular flexibility index (Phi) is 9.96. The Morgan fingerprint density at radius 1 is 0.944 bits per heavy atom. The number of anilines is 2. The topological polar surface area (TPSA) is 95.9 Å². The summed E-state index contributed by atoms with van der Waals surface area (Å²) in [7, 11) is 1.95. The molecular weight excluding hydrogens is 465 g/mol. The Hall–Kier alpha value is -2.84. The Morgan fingerprint density at radius 3 is 2.36 bits per heavy atom. The number of hydrogen-bond acceptors (Lipinski definition) is 6. The van der Waals surface area contributed by atoms with Crippen molar-refractivity contribution in [3.8, 4) is 16.9 Å². The molecule has 0 unspecified atom stereocenters. The molecular formula is C28H30N3NaO4. The number of rotatable bonds is 8. The number of phenols is 1. The van der Waals surface area contributed by atoms with Crippen molar-refractivity contribution in [2.24, 2.45) is 0 Å². The van der Waals surface area contributed by atoms with Crippen molar-refractivity contribution in [3.05, 3.63) is 77.9 Å². The maximum atomic E-state index is 13.1. The smallest absolute Gasteiger partial charge is 0.545 e. The van der Waals surface area contributed by atoms with E-state index in [4.69, 9.17) is 0 Å². The summed E-state index contributed by atoms with van der Waals surface area (Å²) >= 11 is 0. The van der Waals surface area contributed by atoms with E-state index in [0.717, 1.165) is 43.0 Å². The molecule has 2 N–H and O–H groups in total. The molecule has 0 atom stereocenters. The molecule has 3 aromatic rings. The Labute approximate surface area is 234 Å². The van der Waals surface area contributed by atoms with E-state index in [1.807, 2.05) is 42.3 Å². The number of amides is 1. The SMILES string of the molecule is CN(CCN1CCCCC1)c1ccc(O)c(C(=O)Nc2cc(-c3ccccc3)ccc2C(=O)[O-])c1.[Na+]. The number of piperidine rings is 1. The van der Waals surface area contributed by atoms with E-state index in [0.29, 0.717) is 0 Å². The molecule has 1 fully saturated rings. The molecule has 0 radical (unpaired) electrons. The van der Waals surface area contributed by atoms with Crippen LogP contribution in [0.5, 0.6) is 5.75 Å². The summed E-state index contributed by atoms with van der Waals surface area (Å²) < 4.78 is 0. The number of likely N-dealkylation sites (tertiary alicyclic amines) is 1. The second-order valence-electron chi connectivity index (χ2n) is 8.89. The van der Waals surface area contributed by atoms with Crippen LogP contribution in [0.4, 0.5) is 11.4 Å². The van der Waals surface area contributed by atoms with Crippen molar-refractivity contribution in [2.45, 2.75) is 19.3 Å². The fourth-order valence-electron chi connectivity index (χ4n) is 4.37. The molecule has 0 saturated carbocycles. The third-order valence-corrected chi connectivity index (χ3v) is 6.46. The van der Waals surface area contributed by atoms with E-state index < -0.39 is 11.9 Å². The van der Waals surface area contributed by atoms with Gasteiger partial charge in [0, 0.05) is 31.4 Å². The van der Waals surface area contributed by atoms with Gasteiger partial charge in [-0.15, -0.1) is 0 Å². The van der Waals surface area contributed by atoms with Crippen LogP contribution in [0.15, 0.2) is 66.7 Å². The fraction of sp³-hybridized carbons (Fsp3) is 0.286. The number of carbonyl (C=O) groups excluding carboxylic acids is 2. The summed E-state index contributed by atoms with van der Waals surface area (Å²) in [6.07, 6.45) is 3.75. The molecule has 0 bridgehead atoms. The molecule has 1 amide bonds. The zero-order chi connectivity index (χ0) is 24.8. The first-order valence-corrected chi connectivity index (χ1v) is 11.9. The van der Waals surface area contributed by atoms with Gasteiger partial charge < -0.3 is 30.1 Å². The minimum absolute atomic E-state index is 0. The first-order chi connectivity index (χ1) is 16.9. The average Bonchev–Trinajstić information content (AvgIpc) is 2.88. The Morgan fingerprint density at radius 2 is 1.67 bits per heavy atom. The molecule has 4 rings (SSSR count). The van der Waals surface area contributed by atoms with Crippen LogP contribution in [0, 0.1) is 0 Å². The van der Waals surface area contributed by atoms with Crippen LogP contribution in [0.25, 0.3) is 11.1 Å². The number of carbonyl (C=O) groups is 2. The third kappa shape index (κ3) is 6.89. The zero-order valence-corrected chi connectivity index (χ0v) is 22.9. The van der Waals surface area contributed by atoms with E-state index in [1.54, 1.807) is 24.3 Å². The van der Waals surface area contributed by atoms with Gasteiger partial charge in [0.05, 0.1) is 17.2 Å². The van der Waals surface area contributed by atoms with Crippen molar-refractivity contribution >= 4 is 23.3 Å². The zero-order valence-electron chi connectivity index (χ0n) is 20.9. The molecule has 1 aliphatic rings. The van der Waals surface area contributed by atoms with E-state index in [-0.39, 0.29) is 52.1 Å². The molecule has 0 aliphatic carbocycles. The largest absolute Gasteiger partial charge is 1.00 e. The fourth-order valence-corrected chi connectivity index (χ4v) is 4.37. The van der Waals surface area contributed by atoms with E-state index in [9.17, 15) is 19.8 Å². The van der Waals surface area contributed by atoms with Crippen molar-refractivity contribution in [2.75, 3.05) is 43.4 Å². The van der Waals surface area contributed by atoms with Crippen LogP contribution < -0.4 is 44.9 Å². The summed E-state index contributed by atoms with van der Waals surface area (Å²) in [5.41, 5.74) is 2.48. The van der Waals surface area contributed by atoms with Crippen LogP contribution in [-0.2, 0) is 0 Å². The molecule has 3 aromatic carbocycles. The number of nitrogens with one attached hydrogen (secondary N) is 1.